The standard InChI is InChI=1S/C22H20N2O2S/c1-24(2)13-16-19-21(27-20(16)22(25)26)17(14-9-5-3-6-10-14)18(23-19)15-11-7-4-8-12-15/h3-12,23H,13H2,1-2H3,(H,25,26). The highest BCUT2D eigenvalue weighted by Crippen LogP contribution is 2.44. The first-order valence-corrected chi connectivity index (χ1v) is 9.54. The zero-order valence-electron chi connectivity index (χ0n) is 15.2. The van der Waals surface area contributed by atoms with Crippen LogP contribution in [0.1, 0.15) is 15.2 Å². The maximum atomic E-state index is 11.9. The van der Waals surface area contributed by atoms with Gasteiger partial charge >= 0.3 is 5.97 Å². The second kappa shape index (κ2) is 7.02. The van der Waals surface area contributed by atoms with Crippen LogP contribution in [-0.2, 0) is 6.54 Å². The molecule has 0 saturated heterocycles. The molecular weight excluding hydrogens is 356 g/mol. The second-order valence-electron chi connectivity index (χ2n) is 6.76. The summed E-state index contributed by atoms with van der Waals surface area (Å²) in [6, 6.07) is 20.3. The summed E-state index contributed by atoms with van der Waals surface area (Å²) < 4.78 is 0.995. The molecule has 27 heavy (non-hydrogen) atoms. The molecule has 0 aliphatic carbocycles. The van der Waals surface area contributed by atoms with Crippen LogP contribution < -0.4 is 0 Å². The summed E-state index contributed by atoms with van der Waals surface area (Å²) >= 11 is 1.35. The van der Waals surface area contributed by atoms with E-state index >= 15 is 0 Å². The van der Waals surface area contributed by atoms with Gasteiger partial charge in [0.25, 0.3) is 0 Å². The molecule has 0 aliphatic rings. The normalized spacial score (nSPS) is 11.4. The minimum Gasteiger partial charge on any atom is -0.477 e. The van der Waals surface area contributed by atoms with Crippen LogP contribution >= 0.6 is 11.3 Å². The van der Waals surface area contributed by atoms with Gasteiger partial charge in [0.1, 0.15) is 4.88 Å². The molecule has 4 aromatic rings. The number of thiophene rings is 1. The third-order valence-corrected chi connectivity index (χ3v) is 5.77. The number of rotatable bonds is 5. The zero-order chi connectivity index (χ0) is 19.0. The number of carbonyl (C=O) groups is 1. The predicted octanol–water partition coefficient (Wildman–Crippen LogP) is 5.32. The molecule has 4 rings (SSSR count). The topological polar surface area (TPSA) is 56.3 Å². The number of hydrogen-bond acceptors (Lipinski definition) is 3. The Hall–Kier alpha value is -2.89. The van der Waals surface area contributed by atoms with Gasteiger partial charge in [0.15, 0.2) is 0 Å². The highest BCUT2D eigenvalue weighted by atomic mass is 32.1. The zero-order valence-corrected chi connectivity index (χ0v) is 16.0. The van der Waals surface area contributed by atoms with Gasteiger partial charge in [-0.15, -0.1) is 11.3 Å². The van der Waals surface area contributed by atoms with Gasteiger partial charge in [-0.25, -0.2) is 4.79 Å². The first-order chi connectivity index (χ1) is 13.1. The van der Waals surface area contributed by atoms with Crippen LogP contribution in [0.4, 0.5) is 0 Å². The van der Waals surface area contributed by atoms with E-state index in [-0.39, 0.29) is 0 Å². The van der Waals surface area contributed by atoms with E-state index in [9.17, 15) is 9.90 Å². The van der Waals surface area contributed by atoms with Gasteiger partial charge in [-0.1, -0.05) is 60.7 Å². The lowest BCUT2D eigenvalue weighted by Gasteiger charge is -2.09. The van der Waals surface area contributed by atoms with Crippen LogP contribution in [0.25, 0.3) is 32.6 Å². The number of aromatic carboxylic acids is 1. The quantitative estimate of drug-likeness (QED) is 0.495. The van der Waals surface area contributed by atoms with E-state index in [2.05, 4.69) is 29.2 Å². The van der Waals surface area contributed by atoms with Gasteiger partial charge in [-0.3, -0.25) is 0 Å². The molecule has 2 N–H and O–H groups in total. The Morgan fingerprint density at radius 2 is 1.59 bits per heavy atom. The minimum absolute atomic E-state index is 0.404. The number of fused-ring (bicyclic) bond motifs is 1. The van der Waals surface area contributed by atoms with Crippen LogP contribution in [0.5, 0.6) is 0 Å². The molecule has 0 radical (unpaired) electrons. The highest BCUT2D eigenvalue weighted by molar-refractivity contribution is 7.21. The molecule has 0 saturated carbocycles. The highest BCUT2D eigenvalue weighted by Gasteiger charge is 2.25. The van der Waals surface area contributed by atoms with E-state index in [1.807, 2.05) is 55.4 Å². The number of carboxylic acids is 1. The maximum absolute atomic E-state index is 11.9. The molecule has 0 aliphatic heterocycles. The van der Waals surface area contributed by atoms with Crippen molar-refractivity contribution in [2.24, 2.45) is 0 Å². The van der Waals surface area contributed by atoms with Crippen LogP contribution in [0.3, 0.4) is 0 Å². The van der Waals surface area contributed by atoms with Gasteiger partial charge < -0.3 is 15.0 Å². The Labute approximate surface area is 161 Å². The smallest absolute Gasteiger partial charge is 0.346 e. The lowest BCUT2D eigenvalue weighted by molar-refractivity contribution is 0.0700. The van der Waals surface area contributed by atoms with Crippen molar-refractivity contribution in [2.45, 2.75) is 6.54 Å². The summed E-state index contributed by atoms with van der Waals surface area (Å²) in [5, 5.41) is 9.72. The van der Waals surface area contributed by atoms with Crippen molar-refractivity contribution in [2.75, 3.05) is 14.1 Å². The maximum Gasteiger partial charge on any atom is 0.346 e. The molecule has 0 amide bonds. The number of hydrogen-bond donors (Lipinski definition) is 2. The lowest BCUT2D eigenvalue weighted by atomic mass is 10.0. The summed E-state index contributed by atoms with van der Waals surface area (Å²) in [6.07, 6.45) is 0. The summed E-state index contributed by atoms with van der Waals surface area (Å²) in [5.41, 5.74) is 6.02. The molecular formula is C22H20N2O2S. The fourth-order valence-corrected chi connectivity index (χ4v) is 4.60. The number of H-pyrrole nitrogens is 1. The molecule has 0 spiro atoms. The molecule has 0 bridgehead atoms. The molecule has 2 heterocycles. The second-order valence-corrected chi connectivity index (χ2v) is 7.78. The fraction of sp³-hybridized carbons (Fsp3) is 0.136. The average Bonchev–Trinajstić information content (AvgIpc) is 3.20. The van der Waals surface area contributed by atoms with Crippen molar-refractivity contribution in [3.05, 3.63) is 71.1 Å². The third kappa shape index (κ3) is 3.16. The minimum atomic E-state index is -0.873. The summed E-state index contributed by atoms with van der Waals surface area (Å²) in [4.78, 5) is 17.8. The molecule has 0 unspecified atom stereocenters. The monoisotopic (exact) mass is 376 g/mol. The van der Waals surface area contributed by atoms with Crippen LogP contribution in [-0.4, -0.2) is 35.1 Å². The van der Waals surface area contributed by atoms with Crippen molar-refractivity contribution in [3.63, 3.8) is 0 Å². The van der Waals surface area contributed by atoms with Crippen molar-refractivity contribution >= 4 is 27.5 Å². The van der Waals surface area contributed by atoms with Crippen LogP contribution in [0, 0.1) is 0 Å². The number of nitrogens with zero attached hydrogens (tertiary/aromatic N) is 1. The van der Waals surface area contributed by atoms with E-state index in [0.29, 0.717) is 11.4 Å². The third-order valence-electron chi connectivity index (χ3n) is 4.53. The molecule has 136 valence electrons. The van der Waals surface area contributed by atoms with E-state index in [0.717, 1.165) is 38.2 Å². The molecule has 5 heteroatoms. The largest absolute Gasteiger partial charge is 0.477 e. The van der Waals surface area contributed by atoms with Gasteiger partial charge in [0.05, 0.1) is 15.9 Å². The first-order valence-electron chi connectivity index (χ1n) is 8.72. The van der Waals surface area contributed by atoms with Crippen molar-refractivity contribution in [3.8, 4) is 22.4 Å². The Kier molecular flexibility index (Phi) is 4.56. The number of benzene rings is 2. The number of nitrogens with one attached hydrogen (secondary N) is 1. The van der Waals surface area contributed by atoms with E-state index < -0.39 is 5.97 Å². The van der Waals surface area contributed by atoms with E-state index in [4.69, 9.17) is 0 Å². The number of aromatic nitrogens is 1. The number of carboxylic acid groups (broad SMARTS) is 1. The lowest BCUT2D eigenvalue weighted by Crippen LogP contribution is -2.12. The SMILES string of the molecule is CN(C)Cc1c(C(=O)O)sc2c(-c3ccccc3)c(-c3ccccc3)[nH]c12. The predicted molar refractivity (Wildman–Crippen MR) is 111 cm³/mol. The number of aromatic amines is 1. The fourth-order valence-electron chi connectivity index (χ4n) is 3.42. The molecule has 0 atom stereocenters. The molecule has 4 nitrogen and oxygen atoms in total. The molecule has 2 aromatic carbocycles. The summed E-state index contributed by atoms with van der Waals surface area (Å²) in [7, 11) is 3.91. The van der Waals surface area contributed by atoms with Gasteiger partial charge in [0.2, 0.25) is 0 Å². The van der Waals surface area contributed by atoms with Gasteiger partial charge in [-0.05, 0) is 25.2 Å². The van der Waals surface area contributed by atoms with Crippen LogP contribution in [0.15, 0.2) is 60.7 Å². The van der Waals surface area contributed by atoms with E-state index in [1.165, 1.54) is 11.3 Å². The Morgan fingerprint density at radius 3 is 2.15 bits per heavy atom. The van der Waals surface area contributed by atoms with Crippen molar-refractivity contribution in [1.82, 2.24) is 9.88 Å². The summed E-state index contributed by atoms with van der Waals surface area (Å²) in [6.45, 7) is 0.574. The Balaban J connectivity index is 2.06. The van der Waals surface area contributed by atoms with Crippen molar-refractivity contribution < 1.29 is 9.90 Å². The first kappa shape index (κ1) is 17.5. The van der Waals surface area contributed by atoms with Crippen LogP contribution in [0.2, 0.25) is 0 Å². The summed E-state index contributed by atoms with van der Waals surface area (Å²) in [5.74, 6) is -0.873. The van der Waals surface area contributed by atoms with Gasteiger partial charge in [-0.2, -0.15) is 0 Å². The molecule has 2 aromatic heterocycles. The van der Waals surface area contributed by atoms with E-state index in [1.54, 1.807) is 0 Å². The Bertz CT molecular complexity index is 1100. The van der Waals surface area contributed by atoms with Gasteiger partial charge in [0, 0.05) is 17.7 Å². The van der Waals surface area contributed by atoms with Crippen molar-refractivity contribution in [1.29, 1.82) is 0 Å². The Morgan fingerprint density at radius 1 is 1.00 bits per heavy atom. The molecule has 0 fully saturated rings. The average molecular weight is 376 g/mol.